The van der Waals surface area contributed by atoms with Gasteiger partial charge in [-0.3, -0.25) is 4.79 Å². The third kappa shape index (κ3) is 4.26. The number of carbonyl (C=O) groups excluding carboxylic acids is 1. The molecule has 1 aliphatic carbocycles. The minimum Gasteiger partial charge on any atom is -0.309 e. The van der Waals surface area contributed by atoms with Gasteiger partial charge in [-0.25, -0.2) is 14.4 Å². The van der Waals surface area contributed by atoms with Gasteiger partial charge < -0.3 is 5.32 Å². The summed E-state index contributed by atoms with van der Waals surface area (Å²) in [6, 6.07) is 6.27. The Morgan fingerprint density at radius 3 is 2.58 bits per heavy atom. The fourth-order valence-electron chi connectivity index (χ4n) is 3.35. The number of nitrogens with one attached hydrogen (secondary N) is 1. The van der Waals surface area contributed by atoms with E-state index in [-0.39, 0.29) is 17.6 Å². The summed E-state index contributed by atoms with van der Waals surface area (Å²) in [4.78, 5) is 21.7. The van der Waals surface area contributed by atoms with Crippen LogP contribution in [0.4, 0.5) is 10.2 Å². The number of aromatic nitrogens is 2. The lowest BCUT2D eigenvalue weighted by molar-refractivity contribution is -0.119. The second kappa shape index (κ2) is 8.39. The Morgan fingerprint density at radius 1 is 1.23 bits per heavy atom. The van der Waals surface area contributed by atoms with Crippen LogP contribution in [0.3, 0.4) is 0 Å². The number of anilines is 1. The monoisotopic (exact) mass is 355 g/mol. The van der Waals surface area contributed by atoms with Crippen LogP contribution in [0.2, 0.25) is 0 Å². The Morgan fingerprint density at radius 2 is 1.92 bits per heavy atom. The van der Waals surface area contributed by atoms with Crippen LogP contribution in [0, 0.1) is 11.7 Å². The summed E-state index contributed by atoms with van der Waals surface area (Å²) >= 11 is 0. The van der Waals surface area contributed by atoms with Gasteiger partial charge >= 0.3 is 0 Å². The highest BCUT2D eigenvalue weighted by atomic mass is 19.1. The first-order valence-electron chi connectivity index (χ1n) is 9.52. The molecular weight excluding hydrogens is 329 g/mol. The van der Waals surface area contributed by atoms with Crippen molar-refractivity contribution in [2.75, 3.05) is 5.32 Å². The van der Waals surface area contributed by atoms with E-state index in [1.807, 2.05) is 13.8 Å². The van der Waals surface area contributed by atoms with Crippen LogP contribution in [0.15, 0.2) is 30.5 Å². The topological polar surface area (TPSA) is 54.9 Å². The summed E-state index contributed by atoms with van der Waals surface area (Å²) in [6.45, 7) is 3.91. The average Bonchev–Trinajstić information content (AvgIpc) is 2.69. The first-order valence-corrected chi connectivity index (χ1v) is 9.52. The van der Waals surface area contributed by atoms with Crippen molar-refractivity contribution in [1.82, 2.24) is 9.97 Å². The maximum atomic E-state index is 13.2. The van der Waals surface area contributed by atoms with Crippen molar-refractivity contribution in [2.24, 2.45) is 5.92 Å². The predicted molar refractivity (Wildman–Crippen MR) is 101 cm³/mol. The Balaban J connectivity index is 1.95. The van der Waals surface area contributed by atoms with Crippen molar-refractivity contribution < 1.29 is 9.18 Å². The summed E-state index contributed by atoms with van der Waals surface area (Å²) in [5.74, 6) is 0.532. The predicted octanol–water partition coefficient (Wildman–Crippen LogP) is 5.32. The maximum Gasteiger partial charge on any atom is 0.228 e. The Hall–Kier alpha value is -2.30. The van der Waals surface area contributed by atoms with E-state index in [0.29, 0.717) is 17.4 Å². The molecule has 0 spiro atoms. The largest absolute Gasteiger partial charge is 0.309 e. The van der Waals surface area contributed by atoms with Gasteiger partial charge in [-0.2, -0.15) is 0 Å². The van der Waals surface area contributed by atoms with E-state index in [4.69, 9.17) is 4.98 Å². The summed E-state index contributed by atoms with van der Waals surface area (Å²) in [6.07, 6.45) is 8.16. The molecule has 1 atom stereocenters. The molecule has 4 nitrogen and oxygen atoms in total. The molecule has 0 saturated heterocycles. The lowest BCUT2D eigenvalue weighted by Gasteiger charge is -2.23. The Kier molecular flexibility index (Phi) is 5.96. The van der Waals surface area contributed by atoms with Crippen LogP contribution in [-0.2, 0) is 4.79 Å². The van der Waals surface area contributed by atoms with Gasteiger partial charge in [0.1, 0.15) is 5.82 Å². The third-order valence-electron chi connectivity index (χ3n) is 5.23. The molecule has 138 valence electrons. The molecule has 1 heterocycles. The van der Waals surface area contributed by atoms with Crippen molar-refractivity contribution in [3.05, 3.63) is 42.0 Å². The van der Waals surface area contributed by atoms with Gasteiger partial charge in [-0.15, -0.1) is 0 Å². The van der Waals surface area contributed by atoms with E-state index in [0.717, 1.165) is 30.5 Å². The highest BCUT2D eigenvalue weighted by Crippen LogP contribution is 2.35. The number of hydrogen-bond acceptors (Lipinski definition) is 3. The third-order valence-corrected chi connectivity index (χ3v) is 5.23. The maximum absolute atomic E-state index is 13.2. The summed E-state index contributed by atoms with van der Waals surface area (Å²) < 4.78 is 13.2. The molecule has 0 bridgehead atoms. The lowest BCUT2D eigenvalue weighted by atomic mass is 9.86. The highest BCUT2D eigenvalue weighted by molar-refractivity contribution is 5.92. The number of amides is 1. The van der Waals surface area contributed by atoms with Crippen LogP contribution >= 0.6 is 0 Å². The minimum absolute atomic E-state index is 0.0200. The molecule has 3 rings (SSSR count). The SMILES string of the molecule is CCC(C)C(=O)Nc1ncc(-c2ccc(F)cc2)nc1C1CCCCC1. The molecular formula is C21H26FN3O. The summed E-state index contributed by atoms with van der Waals surface area (Å²) in [5.41, 5.74) is 2.41. The highest BCUT2D eigenvalue weighted by Gasteiger charge is 2.23. The molecule has 26 heavy (non-hydrogen) atoms. The van der Waals surface area contributed by atoms with Crippen LogP contribution in [0.1, 0.15) is 64.0 Å². The van der Waals surface area contributed by atoms with Gasteiger partial charge in [-0.05, 0) is 43.5 Å². The van der Waals surface area contributed by atoms with Gasteiger partial charge in [0.05, 0.1) is 17.6 Å². The molecule has 1 amide bonds. The molecule has 1 unspecified atom stereocenters. The van der Waals surface area contributed by atoms with Gasteiger partial charge in [0.2, 0.25) is 5.91 Å². The van der Waals surface area contributed by atoms with Gasteiger partial charge in [0.25, 0.3) is 0 Å². The molecule has 5 heteroatoms. The van der Waals surface area contributed by atoms with Gasteiger partial charge in [0, 0.05) is 17.4 Å². The van der Waals surface area contributed by atoms with Gasteiger partial charge in [0.15, 0.2) is 5.82 Å². The van der Waals surface area contributed by atoms with Crippen molar-refractivity contribution in [2.45, 2.75) is 58.3 Å². The fraction of sp³-hybridized carbons (Fsp3) is 0.476. The van der Waals surface area contributed by atoms with Gasteiger partial charge in [-0.1, -0.05) is 33.1 Å². The van der Waals surface area contributed by atoms with Crippen molar-refractivity contribution >= 4 is 11.7 Å². The van der Waals surface area contributed by atoms with Crippen LogP contribution in [0.25, 0.3) is 11.3 Å². The van der Waals surface area contributed by atoms with E-state index in [2.05, 4.69) is 10.3 Å². The number of rotatable bonds is 5. The number of benzene rings is 1. The molecule has 0 radical (unpaired) electrons. The fourth-order valence-corrected chi connectivity index (χ4v) is 3.35. The second-order valence-electron chi connectivity index (χ2n) is 7.13. The smallest absolute Gasteiger partial charge is 0.228 e. The number of carbonyl (C=O) groups is 1. The minimum atomic E-state index is -0.272. The normalized spacial score (nSPS) is 16.3. The molecule has 1 aliphatic rings. The van der Waals surface area contributed by atoms with E-state index in [1.54, 1.807) is 18.3 Å². The number of nitrogens with zero attached hydrogens (tertiary/aromatic N) is 2. The standard InChI is InChI=1S/C21H26FN3O/c1-3-14(2)21(26)25-20-19(16-7-5-4-6-8-16)24-18(13-23-20)15-9-11-17(22)12-10-15/h9-14,16H,3-8H2,1-2H3,(H,23,25,26). The first-order chi connectivity index (χ1) is 12.6. The zero-order chi connectivity index (χ0) is 18.5. The first kappa shape index (κ1) is 18.5. The Bertz CT molecular complexity index is 754. The lowest BCUT2D eigenvalue weighted by Crippen LogP contribution is -2.22. The van der Waals surface area contributed by atoms with E-state index in [9.17, 15) is 9.18 Å². The van der Waals surface area contributed by atoms with Crippen LogP contribution in [-0.4, -0.2) is 15.9 Å². The van der Waals surface area contributed by atoms with Crippen molar-refractivity contribution in [3.63, 3.8) is 0 Å². The van der Waals surface area contributed by atoms with Crippen LogP contribution in [0.5, 0.6) is 0 Å². The van der Waals surface area contributed by atoms with Crippen molar-refractivity contribution in [1.29, 1.82) is 0 Å². The molecule has 1 saturated carbocycles. The summed E-state index contributed by atoms with van der Waals surface area (Å²) in [5, 5.41) is 2.97. The molecule has 0 aliphatic heterocycles. The molecule has 1 N–H and O–H groups in total. The average molecular weight is 355 g/mol. The number of hydrogen-bond donors (Lipinski definition) is 1. The molecule has 1 aromatic heterocycles. The Labute approximate surface area is 154 Å². The van der Waals surface area contributed by atoms with E-state index < -0.39 is 0 Å². The summed E-state index contributed by atoms with van der Waals surface area (Å²) in [7, 11) is 0. The molecule has 2 aromatic rings. The molecule has 1 aromatic carbocycles. The zero-order valence-corrected chi connectivity index (χ0v) is 15.5. The quantitative estimate of drug-likeness (QED) is 0.790. The van der Waals surface area contributed by atoms with Crippen molar-refractivity contribution in [3.8, 4) is 11.3 Å². The zero-order valence-electron chi connectivity index (χ0n) is 15.5. The second-order valence-corrected chi connectivity index (χ2v) is 7.13. The molecule has 1 fully saturated rings. The van der Waals surface area contributed by atoms with E-state index in [1.165, 1.54) is 31.4 Å². The van der Waals surface area contributed by atoms with Crippen LogP contribution < -0.4 is 5.32 Å². The van der Waals surface area contributed by atoms with E-state index >= 15 is 0 Å². The number of halogens is 1.